The zero-order valence-corrected chi connectivity index (χ0v) is 50.6. The molecular weight excluding hydrogens is 1010 g/mol. The van der Waals surface area contributed by atoms with Crippen LogP contribution in [-0.2, 0) is 25.4 Å². The van der Waals surface area contributed by atoms with Gasteiger partial charge in [0.1, 0.15) is 23.0 Å². The fraction of sp³-hybridized carbons (Fsp3) is 0.472. The van der Waals surface area contributed by atoms with E-state index in [-0.39, 0.29) is 24.4 Å². The molecule has 0 saturated carbocycles. The van der Waals surface area contributed by atoms with Crippen LogP contribution in [0.15, 0.2) is 146 Å². The molecule has 0 aliphatic heterocycles. The first kappa shape index (κ1) is 63.9. The Morgan fingerprint density at radius 3 is 0.988 bits per heavy atom. The maximum absolute atomic E-state index is 13.6. The average Bonchev–Trinajstić information content (AvgIpc) is 3.52. The molecule has 0 aromatic heterocycles. The van der Waals surface area contributed by atoms with Crippen LogP contribution >= 0.6 is 0 Å². The minimum atomic E-state index is -0.894. The highest BCUT2D eigenvalue weighted by molar-refractivity contribution is 5.92. The van der Waals surface area contributed by atoms with Crippen molar-refractivity contribution in [2.24, 2.45) is 0 Å². The lowest BCUT2D eigenvalue weighted by atomic mass is 9.85. The quantitative estimate of drug-likeness (QED) is 0.0216. The first-order valence-electron chi connectivity index (χ1n) is 30.5. The molecule has 0 aliphatic rings. The number of carbonyl (C=O) groups excluding carboxylic acids is 2. The van der Waals surface area contributed by atoms with Crippen molar-refractivity contribution in [3.63, 3.8) is 0 Å². The van der Waals surface area contributed by atoms with Crippen LogP contribution in [0.3, 0.4) is 0 Å². The summed E-state index contributed by atoms with van der Waals surface area (Å²) in [4.78, 5) is 27.1. The van der Waals surface area contributed by atoms with Crippen molar-refractivity contribution in [3.8, 4) is 45.3 Å². The standard InChI is InChI=1S/C72H94O9/c1-11-15-17-19-21-23-49-75-65-41-33-59(34-42-65)57-25-29-61(30-26-57)69(73)79-67-45-37-63(38-46-67)71(9,51-55(7)77-53(5)13-3)81-72(10,52-56(8)78-54(6)14-4)64-39-47-68(48-40-64)80-70(74)62-31-27-58(28-32-62)60-35-43-66(44-36-60)76-50-24-22-20-18-16-12-2/h25-48,53-56H,11-24,49-52H2,1-10H3. The van der Waals surface area contributed by atoms with Crippen molar-refractivity contribution in [3.05, 3.63) is 168 Å². The summed E-state index contributed by atoms with van der Waals surface area (Å²) in [5.41, 5.74) is 4.98. The minimum Gasteiger partial charge on any atom is -0.494 e. The Kier molecular flexibility index (Phi) is 26.0. The number of carbonyl (C=O) groups is 2. The summed E-state index contributed by atoms with van der Waals surface area (Å²) >= 11 is 0. The normalized spacial score (nSPS) is 14.4. The van der Waals surface area contributed by atoms with E-state index in [2.05, 4.69) is 93.5 Å². The van der Waals surface area contributed by atoms with Gasteiger partial charge in [-0.2, -0.15) is 0 Å². The zero-order valence-electron chi connectivity index (χ0n) is 50.6. The third-order valence-corrected chi connectivity index (χ3v) is 15.4. The lowest BCUT2D eigenvalue weighted by Gasteiger charge is -2.44. The smallest absolute Gasteiger partial charge is 0.343 e. The average molecular weight is 1100 g/mol. The molecule has 436 valence electrons. The summed E-state index contributed by atoms with van der Waals surface area (Å²) in [6.45, 7) is 22.7. The number of rotatable bonds is 36. The van der Waals surface area contributed by atoms with Crippen LogP contribution < -0.4 is 18.9 Å². The third kappa shape index (κ3) is 20.6. The van der Waals surface area contributed by atoms with Crippen LogP contribution in [0.4, 0.5) is 0 Å². The Bertz CT molecular complexity index is 2550. The summed E-state index contributed by atoms with van der Waals surface area (Å²) < 4.78 is 44.4. The van der Waals surface area contributed by atoms with Gasteiger partial charge in [-0.15, -0.1) is 0 Å². The van der Waals surface area contributed by atoms with Crippen LogP contribution in [0.2, 0.25) is 0 Å². The molecule has 0 saturated heterocycles. The molecule has 9 heteroatoms. The first-order chi connectivity index (χ1) is 39.1. The van der Waals surface area contributed by atoms with E-state index < -0.39 is 23.1 Å². The van der Waals surface area contributed by atoms with Gasteiger partial charge >= 0.3 is 11.9 Å². The summed E-state index contributed by atoms with van der Waals surface area (Å²) in [6, 6.07) is 46.4. The van der Waals surface area contributed by atoms with Crippen molar-refractivity contribution >= 4 is 11.9 Å². The molecular formula is C72H94O9. The highest BCUT2D eigenvalue weighted by Gasteiger charge is 2.41. The molecule has 0 bridgehead atoms. The molecule has 6 rings (SSSR count). The Balaban J connectivity index is 1.13. The Labute approximate surface area is 486 Å². The number of unbranched alkanes of at least 4 members (excludes halogenated alkanes) is 10. The lowest BCUT2D eigenvalue weighted by molar-refractivity contribution is -0.187. The molecule has 81 heavy (non-hydrogen) atoms. The molecule has 6 aromatic carbocycles. The summed E-state index contributed by atoms with van der Waals surface area (Å²) in [5.74, 6) is 1.68. The highest BCUT2D eigenvalue weighted by Crippen LogP contribution is 2.44. The SMILES string of the molecule is CCCCCCCCOc1ccc(-c2ccc(C(=O)Oc3ccc(C(C)(CC(C)OC(C)CC)OC(C)(CC(C)OC(C)CC)c4ccc(OC(=O)c5ccc(-c6ccc(OCCCCCCCC)cc6)cc5)cc4)cc3)cc2)cc1. The predicted octanol–water partition coefficient (Wildman–Crippen LogP) is 19.3. The number of hydrogen-bond donors (Lipinski definition) is 0. The van der Waals surface area contributed by atoms with Crippen LogP contribution in [-0.4, -0.2) is 49.6 Å². The van der Waals surface area contributed by atoms with E-state index in [9.17, 15) is 9.59 Å². The van der Waals surface area contributed by atoms with Crippen LogP contribution in [0.5, 0.6) is 23.0 Å². The molecule has 9 nitrogen and oxygen atoms in total. The highest BCUT2D eigenvalue weighted by atomic mass is 16.5. The second kappa shape index (κ2) is 33.0. The maximum Gasteiger partial charge on any atom is 0.343 e. The molecule has 0 radical (unpaired) electrons. The van der Waals surface area contributed by atoms with Crippen LogP contribution in [0.25, 0.3) is 22.3 Å². The van der Waals surface area contributed by atoms with E-state index in [4.69, 9.17) is 33.2 Å². The van der Waals surface area contributed by atoms with Crippen molar-refractivity contribution in [2.45, 2.75) is 208 Å². The Morgan fingerprint density at radius 1 is 0.370 bits per heavy atom. The van der Waals surface area contributed by atoms with Crippen molar-refractivity contribution in [1.29, 1.82) is 0 Å². The summed E-state index contributed by atoms with van der Waals surface area (Å²) in [6.07, 6.45) is 17.3. The van der Waals surface area contributed by atoms with Crippen LogP contribution in [0.1, 0.15) is 204 Å². The van der Waals surface area contributed by atoms with E-state index in [1.165, 1.54) is 64.2 Å². The monoisotopic (exact) mass is 1100 g/mol. The number of ether oxygens (including phenoxy) is 7. The molecule has 0 fully saturated rings. The van der Waals surface area contributed by atoms with Gasteiger partial charge in [-0.25, -0.2) is 9.59 Å². The Hall–Kier alpha value is -6.26. The van der Waals surface area contributed by atoms with E-state index in [1.807, 2.05) is 97.1 Å². The fourth-order valence-corrected chi connectivity index (χ4v) is 10.4. The molecule has 6 unspecified atom stereocenters. The van der Waals surface area contributed by atoms with Crippen molar-refractivity contribution in [2.75, 3.05) is 13.2 Å². The molecule has 6 atom stereocenters. The van der Waals surface area contributed by atoms with Gasteiger partial charge in [0, 0.05) is 12.8 Å². The van der Waals surface area contributed by atoms with E-state index in [1.54, 1.807) is 24.3 Å². The lowest BCUT2D eigenvalue weighted by Crippen LogP contribution is -2.42. The molecule has 6 aromatic rings. The maximum atomic E-state index is 13.6. The fourth-order valence-electron chi connectivity index (χ4n) is 10.4. The minimum absolute atomic E-state index is 0.0560. The molecule has 0 N–H and O–H groups in total. The first-order valence-corrected chi connectivity index (χ1v) is 30.5. The zero-order chi connectivity index (χ0) is 58.0. The Morgan fingerprint density at radius 2 is 0.667 bits per heavy atom. The topological polar surface area (TPSA) is 98.8 Å². The van der Waals surface area contributed by atoms with Gasteiger partial charge < -0.3 is 33.2 Å². The van der Waals surface area contributed by atoms with Crippen molar-refractivity contribution in [1.82, 2.24) is 0 Å². The van der Waals surface area contributed by atoms with Crippen molar-refractivity contribution < 1.29 is 42.7 Å². The van der Waals surface area contributed by atoms with Gasteiger partial charge in [0.15, 0.2) is 0 Å². The molecule has 0 aliphatic carbocycles. The van der Waals surface area contributed by atoms with Gasteiger partial charge in [0.25, 0.3) is 0 Å². The second-order valence-electron chi connectivity index (χ2n) is 22.6. The van der Waals surface area contributed by atoms with Crippen LogP contribution in [0, 0.1) is 0 Å². The number of benzene rings is 6. The number of esters is 2. The number of hydrogen-bond acceptors (Lipinski definition) is 9. The summed E-state index contributed by atoms with van der Waals surface area (Å²) in [7, 11) is 0. The largest absolute Gasteiger partial charge is 0.494 e. The molecule has 0 heterocycles. The predicted molar refractivity (Wildman–Crippen MR) is 330 cm³/mol. The summed E-state index contributed by atoms with van der Waals surface area (Å²) in [5, 5.41) is 0. The van der Waals surface area contributed by atoms with E-state index in [0.717, 1.165) is 83.8 Å². The van der Waals surface area contributed by atoms with Gasteiger partial charge in [0.2, 0.25) is 0 Å². The second-order valence-corrected chi connectivity index (χ2v) is 22.6. The van der Waals surface area contributed by atoms with E-state index >= 15 is 0 Å². The van der Waals surface area contributed by atoms with Gasteiger partial charge in [-0.3, -0.25) is 0 Å². The van der Waals surface area contributed by atoms with Gasteiger partial charge in [0.05, 0.1) is 60.0 Å². The van der Waals surface area contributed by atoms with E-state index in [0.29, 0.717) is 35.5 Å². The van der Waals surface area contributed by atoms with Gasteiger partial charge in [-0.1, -0.05) is 165 Å². The van der Waals surface area contributed by atoms with Gasteiger partial charge in [-0.05, 0) is 173 Å². The molecule has 0 spiro atoms. The molecule has 0 amide bonds. The third-order valence-electron chi connectivity index (χ3n) is 15.4.